The van der Waals surface area contributed by atoms with E-state index in [1.165, 1.54) is 24.5 Å². The molecule has 0 aliphatic heterocycles. The first kappa shape index (κ1) is 23.5. The molecule has 1 saturated carbocycles. The van der Waals surface area contributed by atoms with Crippen molar-refractivity contribution in [1.29, 1.82) is 0 Å². The quantitative estimate of drug-likeness (QED) is 0.466. The second-order valence-corrected chi connectivity index (χ2v) is 8.88. The summed E-state index contributed by atoms with van der Waals surface area (Å²) in [6, 6.07) is 16.7. The summed E-state index contributed by atoms with van der Waals surface area (Å²) < 4.78 is 5.43. The number of rotatable bonds is 7. The van der Waals surface area contributed by atoms with Gasteiger partial charge in [0.15, 0.2) is 11.5 Å². The monoisotopic (exact) mass is 458 g/mol. The average Bonchev–Trinajstić information content (AvgIpc) is 3.38. The van der Waals surface area contributed by atoms with Gasteiger partial charge >= 0.3 is 0 Å². The van der Waals surface area contributed by atoms with E-state index in [1.54, 1.807) is 36.4 Å². The zero-order valence-corrected chi connectivity index (χ0v) is 19.6. The molecule has 1 aliphatic rings. The molecular weight excluding hydrogens is 428 g/mol. The van der Waals surface area contributed by atoms with Crippen LogP contribution in [0.25, 0.3) is 0 Å². The lowest BCUT2D eigenvalue weighted by Crippen LogP contribution is -2.47. The van der Waals surface area contributed by atoms with Gasteiger partial charge in [-0.1, -0.05) is 61.2 Å². The van der Waals surface area contributed by atoms with Crippen LogP contribution in [-0.2, 0) is 4.79 Å². The molecule has 176 valence electrons. The summed E-state index contributed by atoms with van der Waals surface area (Å²) in [6.45, 7) is 3.43. The second-order valence-electron chi connectivity index (χ2n) is 8.88. The van der Waals surface area contributed by atoms with Crippen molar-refractivity contribution in [3.8, 4) is 0 Å². The number of amides is 2. The molecule has 0 spiro atoms. The number of benzene rings is 2. The van der Waals surface area contributed by atoms with Crippen molar-refractivity contribution in [2.45, 2.75) is 58.0 Å². The van der Waals surface area contributed by atoms with Crippen molar-refractivity contribution in [2.75, 3.05) is 4.90 Å². The Morgan fingerprint density at radius 2 is 1.65 bits per heavy atom. The summed E-state index contributed by atoms with van der Waals surface area (Å²) >= 11 is 0. The predicted molar refractivity (Wildman–Crippen MR) is 131 cm³/mol. The van der Waals surface area contributed by atoms with Gasteiger partial charge in [0.1, 0.15) is 6.04 Å². The van der Waals surface area contributed by atoms with Crippen LogP contribution in [0.5, 0.6) is 0 Å². The van der Waals surface area contributed by atoms with Gasteiger partial charge in [0, 0.05) is 11.6 Å². The molecule has 3 aromatic rings. The second kappa shape index (κ2) is 10.5. The maximum absolute atomic E-state index is 13.8. The average molecular weight is 459 g/mol. The van der Waals surface area contributed by atoms with Gasteiger partial charge in [-0.15, -0.1) is 0 Å². The van der Waals surface area contributed by atoms with Crippen LogP contribution in [0.1, 0.15) is 77.1 Å². The SMILES string of the molecule is CC(=O)c1ccccc1N(C(=O)c1ccco1)[C@@H](C(=O)NC1CCCCC1)c1ccc(C)cc1. The summed E-state index contributed by atoms with van der Waals surface area (Å²) in [5, 5.41) is 3.18. The van der Waals surface area contributed by atoms with Crippen LogP contribution in [-0.4, -0.2) is 23.6 Å². The lowest BCUT2D eigenvalue weighted by Gasteiger charge is -2.33. The summed E-state index contributed by atoms with van der Waals surface area (Å²) in [4.78, 5) is 41.6. The van der Waals surface area contributed by atoms with Crippen molar-refractivity contribution in [1.82, 2.24) is 5.32 Å². The highest BCUT2D eigenvalue weighted by Gasteiger charge is 2.37. The number of Topliss-reactive ketones (excluding diaryl/α,β-unsaturated/α-hetero) is 1. The Balaban J connectivity index is 1.85. The van der Waals surface area contributed by atoms with Gasteiger partial charge in [0.2, 0.25) is 5.91 Å². The number of para-hydroxylation sites is 1. The van der Waals surface area contributed by atoms with Crippen molar-refractivity contribution in [3.63, 3.8) is 0 Å². The smallest absolute Gasteiger partial charge is 0.294 e. The van der Waals surface area contributed by atoms with Crippen molar-refractivity contribution < 1.29 is 18.8 Å². The van der Waals surface area contributed by atoms with Crippen LogP contribution in [0, 0.1) is 6.92 Å². The summed E-state index contributed by atoms with van der Waals surface area (Å²) in [5.41, 5.74) is 2.45. The fourth-order valence-electron chi connectivity index (χ4n) is 4.56. The number of carbonyl (C=O) groups excluding carboxylic acids is 3. The van der Waals surface area contributed by atoms with Crippen LogP contribution < -0.4 is 10.2 Å². The number of carbonyl (C=O) groups is 3. The van der Waals surface area contributed by atoms with E-state index in [0.29, 0.717) is 16.8 Å². The molecule has 0 unspecified atom stereocenters. The van der Waals surface area contributed by atoms with Crippen LogP contribution in [0.4, 0.5) is 5.69 Å². The molecule has 1 atom stereocenters. The van der Waals surface area contributed by atoms with Crippen LogP contribution in [0.15, 0.2) is 71.3 Å². The van der Waals surface area contributed by atoms with E-state index in [1.807, 2.05) is 31.2 Å². The Hall–Kier alpha value is -3.67. The fourth-order valence-corrected chi connectivity index (χ4v) is 4.56. The number of aryl methyl sites for hydroxylation is 1. The molecule has 0 bridgehead atoms. The maximum Gasteiger partial charge on any atom is 0.294 e. The molecule has 0 saturated heterocycles. The third kappa shape index (κ3) is 5.11. The zero-order chi connectivity index (χ0) is 24.1. The van der Waals surface area contributed by atoms with Gasteiger partial charge in [-0.2, -0.15) is 0 Å². The largest absolute Gasteiger partial charge is 0.459 e. The van der Waals surface area contributed by atoms with E-state index >= 15 is 0 Å². The fraction of sp³-hybridized carbons (Fsp3) is 0.321. The molecule has 1 aromatic heterocycles. The third-order valence-corrected chi connectivity index (χ3v) is 6.34. The van der Waals surface area contributed by atoms with E-state index < -0.39 is 11.9 Å². The number of hydrogen-bond acceptors (Lipinski definition) is 4. The van der Waals surface area contributed by atoms with E-state index in [2.05, 4.69) is 5.32 Å². The van der Waals surface area contributed by atoms with Gasteiger partial charge in [-0.3, -0.25) is 19.3 Å². The van der Waals surface area contributed by atoms with E-state index in [4.69, 9.17) is 4.42 Å². The lowest BCUT2D eigenvalue weighted by atomic mass is 9.94. The van der Waals surface area contributed by atoms with Gasteiger partial charge in [-0.05, 0) is 56.5 Å². The first-order valence-electron chi connectivity index (χ1n) is 11.8. The minimum absolute atomic E-state index is 0.0674. The van der Waals surface area contributed by atoms with Crippen LogP contribution in [0.3, 0.4) is 0 Å². The van der Waals surface area contributed by atoms with E-state index in [9.17, 15) is 14.4 Å². The molecular formula is C28H30N2O4. The van der Waals surface area contributed by atoms with E-state index in [-0.39, 0.29) is 23.5 Å². The van der Waals surface area contributed by atoms with E-state index in [0.717, 1.165) is 31.2 Å². The maximum atomic E-state index is 13.8. The standard InChI is InChI=1S/C28H30N2O4/c1-19-14-16-21(17-15-19)26(27(32)29-22-9-4-3-5-10-22)30(28(33)25-13-8-18-34-25)24-12-7-6-11-23(24)20(2)31/h6-8,11-18,22,26H,3-5,9-10H2,1-2H3,(H,29,32)/t26-/m1/s1. The Bertz CT molecular complexity index is 1150. The Morgan fingerprint density at radius 1 is 0.941 bits per heavy atom. The highest BCUT2D eigenvalue weighted by Crippen LogP contribution is 2.33. The molecule has 2 amide bonds. The number of nitrogens with one attached hydrogen (secondary N) is 1. The van der Waals surface area contributed by atoms with Gasteiger partial charge in [0.25, 0.3) is 5.91 Å². The molecule has 1 fully saturated rings. The number of anilines is 1. The molecule has 34 heavy (non-hydrogen) atoms. The third-order valence-electron chi connectivity index (χ3n) is 6.34. The molecule has 6 heteroatoms. The Kier molecular flexibility index (Phi) is 7.26. The minimum Gasteiger partial charge on any atom is -0.459 e. The number of furan rings is 1. The summed E-state index contributed by atoms with van der Waals surface area (Å²) in [7, 11) is 0. The highest BCUT2D eigenvalue weighted by molar-refractivity contribution is 6.12. The minimum atomic E-state index is -0.972. The molecule has 2 aromatic carbocycles. The van der Waals surface area contributed by atoms with Crippen molar-refractivity contribution >= 4 is 23.3 Å². The summed E-state index contributed by atoms with van der Waals surface area (Å²) in [5.74, 6) is -0.846. The molecule has 1 heterocycles. The Labute approximate surface area is 200 Å². The highest BCUT2D eigenvalue weighted by atomic mass is 16.3. The van der Waals surface area contributed by atoms with Crippen LogP contribution in [0.2, 0.25) is 0 Å². The Morgan fingerprint density at radius 3 is 2.29 bits per heavy atom. The molecule has 4 rings (SSSR count). The van der Waals surface area contributed by atoms with Crippen molar-refractivity contribution in [2.24, 2.45) is 0 Å². The zero-order valence-electron chi connectivity index (χ0n) is 19.6. The number of ketones is 1. The first-order chi connectivity index (χ1) is 16.5. The van der Waals surface area contributed by atoms with Gasteiger partial charge < -0.3 is 9.73 Å². The first-order valence-corrected chi connectivity index (χ1v) is 11.8. The topological polar surface area (TPSA) is 79.6 Å². The number of hydrogen-bond donors (Lipinski definition) is 1. The van der Waals surface area contributed by atoms with Gasteiger partial charge in [0.05, 0.1) is 12.0 Å². The predicted octanol–water partition coefficient (Wildman–Crippen LogP) is 5.63. The lowest BCUT2D eigenvalue weighted by molar-refractivity contribution is -0.123. The molecule has 0 radical (unpaired) electrons. The molecule has 1 aliphatic carbocycles. The number of nitrogens with zero attached hydrogens (tertiary/aromatic N) is 1. The normalized spacial score (nSPS) is 14.9. The molecule has 1 N–H and O–H groups in total. The van der Waals surface area contributed by atoms with Gasteiger partial charge in [-0.25, -0.2) is 0 Å². The molecule has 6 nitrogen and oxygen atoms in total. The van der Waals surface area contributed by atoms with Crippen molar-refractivity contribution in [3.05, 3.63) is 89.4 Å². The summed E-state index contributed by atoms with van der Waals surface area (Å²) in [6.07, 6.45) is 6.57. The van der Waals surface area contributed by atoms with Crippen LogP contribution >= 0.6 is 0 Å².